The summed E-state index contributed by atoms with van der Waals surface area (Å²) in [6, 6.07) is 7.71. The molecule has 2 nitrogen and oxygen atoms in total. The van der Waals surface area contributed by atoms with Crippen LogP contribution in [0.4, 0.5) is 8.78 Å². The van der Waals surface area contributed by atoms with Crippen LogP contribution in [-0.2, 0) is 5.92 Å². The number of hydrogen-bond donors (Lipinski definition) is 1. The molecule has 0 aliphatic carbocycles. The van der Waals surface area contributed by atoms with Crippen LogP contribution in [0.15, 0.2) is 41.8 Å². The van der Waals surface area contributed by atoms with E-state index in [1.165, 1.54) is 30.3 Å². The van der Waals surface area contributed by atoms with Crippen molar-refractivity contribution in [2.45, 2.75) is 5.92 Å². The van der Waals surface area contributed by atoms with Gasteiger partial charge in [0.2, 0.25) is 0 Å². The minimum Gasteiger partial charge on any atom is -0.478 e. The Morgan fingerprint density at radius 2 is 2.00 bits per heavy atom. The second-order valence-electron chi connectivity index (χ2n) is 3.44. The van der Waals surface area contributed by atoms with Gasteiger partial charge < -0.3 is 5.11 Å². The Labute approximate surface area is 100 Å². The van der Waals surface area contributed by atoms with E-state index in [0.717, 1.165) is 17.4 Å². The first-order chi connectivity index (χ1) is 8.01. The zero-order chi connectivity index (χ0) is 12.5. The lowest BCUT2D eigenvalue weighted by Crippen LogP contribution is -2.14. The van der Waals surface area contributed by atoms with E-state index in [0.29, 0.717) is 0 Å². The monoisotopic (exact) mass is 254 g/mol. The van der Waals surface area contributed by atoms with Gasteiger partial charge in [0.25, 0.3) is 0 Å². The van der Waals surface area contributed by atoms with Crippen LogP contribution in [0.25, 0.3) is 0 Å². The fourth-order valence-electron chi connectivity index (χ4n) is 1.45. The van der Waals surface area contributed by atoms with E-state index in [1.807, 2.05) is 0 Å². The minimum absolute atomic E-state index is 0.0972. The number of alkyl halides is 2. The topological polar surface area (TPSA) is 37.3 Å². The van der Waals surface area contributed by atoms with E-state index >= 15 is 0 Å². The van der Waals surface area contributed by atoms with Crippen molar-refractivity contribution >= 4 is 17.3 Å². The zero-order valence-electron chi connectivity index (χ0n) is 8.56. The first-order valence-electron chi connectivity index (χ1n) is 4.77. The smallest absolute Gasteiger partial charge is 0.335 e. The molecule has 88 valence electrons. The molecule has 0 saturated heterocycles. The van der Waals surface area contributed by atoms with Gasteiger partial charge >= 0.3 is 11.9 Å². The summed E-state index contributed by atoms with van der Waals surface area (Å²) in [5.41, 5.74) is -0.446. The largest absolute Gasteiger partial charge is 0.478 e. The van der Waals surface area contributed by atoms with Crippen molar-refractivity contribution in [2.75, 3.05) is 0 Å². The summed E-state index contributed by atoms with van der Waals surface area (Å²) >= 11 is 0.942. The van der Waals surface area contributed by atoms with Crippen LogP contribution < -0.4 is 0 Å². The normalized spacial score (nSPS) is 11.4. The molecular formula is C12H8F2O2S. The Bertz CT molecular complexity index is 535. The van der Waals surface area contributed by atoms with Crippen LogP contribution in [-0.4, -0.2) is 11.1 Å². The van der Waals surface area contributed by atoms with E-state index in [-0.39, 0.29) is 16.0 Å². The van der Waals surface area contributed by atoms with Gasteiger partial charge in [-0.15, -0.1) is 11.3 Å². The lowest BCUT2D eigenvalue weighted by molar-refractivity contribution is 0.0468. The molecular weight excluding hydrogens is 246 g/mol. The highest BCUT2D eigenvalue weighted by Gasteiger charge is 2.35. The van der Waals surface area contributed by atoms with Gasteiger partial charge in [-0.25, -0.2) is 4.79 Å². The third-order valence-corrected chi connectivity index (χ3v) is 3.24. The Balaban J connectivity index is 2.46. The molecule has 1 N–H and O–H groups in total. The maximum absolute atomic E-state index is 14.0. The molecule has 1 aromatic carbocycles. The number of carboxylic acids is 1. The molecule has 0 bridgehead atoms. The molecule has 0 saturated carbocycles. The lowest BCUT2D eigenvalue weighted by atomic mass is 10.0. The van der Waals surface area contributed by atoms with Crippen molar-refractivity contribution in [3.05, 3.63) is 57.8 Å². The van der Waals surface area contributed by atoms with Gasteiger partial charge in [-0.2, -0.15) is 8.78 Å². The van der Waals surface area contributed by atoms with Crippen LogP contribution in [0.1, 0.15) is 20.8 Å². The third-order valence-electron chi connectivity index (χ3n) is 2.30. The van der Waals surface area contributed by atoms with Gasteiger partial charge in [0.05, 0.1) is 10.4 Å². The number of aromatic carboxylic acids is 1. The van der Waals surface area contributed by atoms with Crippen molar-refractivity contribution in [1.29, 1.82) is 0 Å². The molecule has 0 unspecified atom stereocenters. The van der Waals surface area contributed by atoms with Crippen molar-refractivity contribution in [3.8, 4) is 0 Å². The summed E-state index contributed by atoms with van der Waals surface area (Å²) in [6.07, 6.45) is 0. The highest BCUT2D eigenvalue weighted by molar-refractivity contribution is 7.10. The van der Waals surface area contributed by atoms with Gasteiger partial charge in [0.1, 0.15) is 0 Å². The molecule has 0 atom stereocenters. The Morgan fingerprint density at radius 1 is 1.24 bits per heavy atom. The highest BCUT2D eigenvalue weighted by atomic mass is 32.1. The maximum atomic E-state index is 14.0. The Kier molecular flexibility index (Phi) is 2.93. The second kappa shape index (κ2) is 4.25. The molecule has 1 aromatic heterocycles. The summed E-state index contributed by atoms with van der Waals surface area (Å²) in [5.74, 6) is -4.37. The maximum Gasteiger partial charge on any atom is 0.335 e. The summed E-state index contributed by atoms with van der Waals surface area (Å²) in [4.78, 5) is 10.6. The van der Waals surface area contributed by atoms with E-state index < -0.39 is 11.9 Å². The van der Waals surface area contributed by atoms with E-state index in [2.05, 4.69) is 0 Å². The first-order valence-corrected chi connectivity index (χ1v) is 5.65. The van der Waals surface area contributed by atoms with Gasteiger partial charge in [0.15, 0.2) is 0 Å². The molecule has 17 heavy (non-hydrogen) atoms. The average Bonchev–Trinajstić information content (AvgIpc) is 2.83. The highest BCUT2D eigenvalue weighted by Crippen LogP contribution is 2.38. The Morgan fingerprint density at radius 3 is 2.59 bits per heavy atom. The first kappa shape index (κ1) is 11.7. The van der Waals surface area contributed by atoms with Crippen molar-refractivity contribution in [3.63, 3.8) is 0 Å². The van der Waals surface area contributed by atoms with Crippen LogP contribution in [0.5, 0.6) is 0 Å². The van der Waals surface area contributed by atoms with Crippen molar-refractivity contribution in [1.82, 2.24) is 0 Å². The standard InChI is InChI=1S/C12H8F2O2S/c13-12(14,10-5-2-6-17-10)9-4-1-3-8(7-9)11(15)16/h1-7H,(H,15,16). The summed E-state index contributed by atoms with van der Waals surface area (Å²) < 4.78 is 28.0. The summed E-state index contributed by atoms with van der Waals surface area (Å²) in [6.45, 7) is 0. The van der Waals surface area contributed by atoms with Gasteiger partial charge in [-0.05, 0) is 23.6 Å². The second-order valence-corrected chi connectivity index (χ2v) is 4.39. The number of halogens is 2. The van der Waals surface area contributed by atoms with Gasteiger partial charge in [-0.1, -0.05) is 18.2 Å². The Hall–Kier alpha value is -1.75. The van der Waals surface area contributed by atoms with Crippen LogP contribution in [0.2, 0.25) is 0 Å². The van der Waals surface area contributed by atoms with Crippen molar-refractivity contribution in [2.24, 2.45) is 0 Å². The summed E-state index contributed by atoms with van der Waals surface area (Å²) in [7, 11) is 0. The van der Waals surface area contributed by atoms with E-state index in [1.54, 1.807) is 5.38 Å². The average molecular weight is 254 g/mol. The number of rotatable bonds is 3. The fraction of sp³-hybridized carbons (Fsp3) is 0.0833. The van der Waals surface area contributed by atoms with Crippen molar-refractivity contribution < 1.29 is 18.7 Å². The quantitative estimate of drug-likeness (QED) is 0.908. The molecule has 1 heterocycles. The van der Waals surface area contributed by atoms with Crippen LogP contribution >= 0.6 is 11.3 Å². The molecule has 0 radical (unpaired) electrons. The number of carboxylic acid groups (broad SMARTS) is 1. The fourth-order valence-corrected chi connectivity index (χ4v) is 2.17. The van der Waals surface area contributed by atoms with Crippen LogP contribution in [0, 0.1) is 0 Å². The molecule has 2 aromatic rings. The predicted octanol–water partition coefficient (Wildman–Crippen LogP) is 3.59. The van der Waals surface area contributed by atoms with Gasteiger partial charge in [0, 0.05) is 5.56 Å². The zero-order valence-corrected chi connectivity index (χ0v) is 9.38. The molecule has 2 rings (SSSR count). The molecule has 0 aliphatic rings. The number of benzene rings is 1. The predicted molar refractivity (Wildman–Crippen MR) is 60.7 cm³/mol. The van der Waals surface area contributed by atoms with E-state index in [9.17, 15) is 13.6 Å². The molecule has 0 aliphatic heterocycles. The minimum atomic E-state index is -3.15. The van der Waals surface area contributed by atoms with Gasteiger partial charge in [-0.3, -0.25) is 0 Å². The molecule has 0 fully saturated rings. The molecule has 0 spiro atoms. The lowest BCUT2D eigenvalue weighted by Gasteiger charge is -2.15. The molecule has 5 heteroatoms. The number of thiophene rings is 1. The summed E-state index contributed by atoms with van der Waals surface area (Å²) in [5, 5.41) is 10.3. The van der Waals surface area contributed by atoms with E-state index in [4.69, 9.17) is 5.11 Å². The SMILES string of the molecule is O=C(O)c1cccc(C(F)(F)c2cccs2)c1. The van der Waals surface area contributed by atoms with Crippen LogP contribution in [0.3, 0.4) is 0 Å². The number of carbonyl (C=O) groups is 1. The number of hydrogen-bond acceptors (Lipinski definition) is 2. The third kappa shape index (κ3) is 2.19. The molecule has 0 amide bonds.